The summed E-state index contributed by atoms with van der Waals surface area (Å²) in [4.78, 5) is 0. The highest BCUT2D eigenvalue weighted by Gasteiger charge is 2.38. The van der Waals surface area contributed by atoms with Crippen LogP contribution in [0.15, 0.2) is 60.7 Å². The van der Waals surface area contributed by atoms with Gasteiger partial charge in [-0.05, 0) is 72.6 Å². The first-order valence-electron chi connectivity index (χ1n) is 10.9. The van der Waals surface area contributed by atoms with Gasteiger partial charge in [0.25, 0.3) is 0 Å². The minimum atomic E-state index is -4.55. The molecule has 1 aliphatic rings. The fraction of sp³-hybridized carbons (Fsp3) is 0.385. The molecule has 0 radical (unpaired) electrons. The second-order valence-corrected chi connectivity index (χ2v) is 8.95. The van der Waals surface area contributed by atoms with E-state index in [0.717, 1.165) is 25.7 Å². The molecule has 0 aromatic heterocycles. The molecule has 6 heteroatoms. The Kier molecular flexibility index (Phi) is 6.19. The molecule has 32 heavy (non-hydrogen) atoms. The second kappa shape index (κ2) is 8.75. The Labute approximate surface area is 186 Å². The Morgan fingerprint density at radius 2 is 1.66 bits per heavy atom. The van der Waals surface area contributed by atoms with Gasteiger partial charge in [0.1, 0.15) is 11.3 Å². The summed E-state index contributed by atoms with van der Waals surface area (Å²) in [6.45, 7) is 1.33. The van der Waals surface area contributed by atoms with Crippen LogP contribution in [-0.4, -0.2) is 17.8 Å². The lowest BCUT2D eigenvalue weighted by Gasteiger charge is -2.30. The number of ether oxygens (including phenoxy) is 1. The first kappa shape index (κ1) is 22.6. The molecule has 3 aromatic carbocycles. The zero-order valence-corrected chi connectivity index (χ0v) is 18.0. The molecule has 0 heterocycles. The number of hydrogen-bond acceptors (Lipinski definition) is 3. The van der Waals surface area contributed by atoms with E-state index in [2.05, 4.69) is 12.1 Å². The Balaban J connectivity index is 1.59. The van der Waals surface area contributed by atoms with Crippen molar-refractivity contribution in [1.82, 2.24) is 0 Å². The molecule has 0 amide bonds. The van der Waals surface area contributed by atoms with Crippen LogP contribution in [0.2, 0.25) is 0 Å². The molecule has 0 aliphatic heterocycles. The van der Waals surface area contributed by atoms with Crippen molar-refractivity contribution in [2.75, 3.05) is 6.61 Å². The summed E-state index contributed by atoms with van der Waals surface area (Å²) in [6, 6.07) is 17.8. The average molecular weight is 444 g/mol. The fourth-order valence-corrected chi connectivity index (χ4v) is 4.57. The van der Waals surface area contributed by atoms with Crippen molar-refractivity contribution in [2.24, 2.45) is 5.73 Å². The van der Waals surface area contributed by atoms with E-state index in [-0.39, 0.29) is 23.8 Å². The van der Waals surface area contributed by atoms with Gasteiger partial charge in [0, 0.05) is 0 Å². The van der Waals surface area contributed by atoms with Crippen molar-refractivity contribution >= 4 is 10.8 Å². The Hall–Kier alpha value is -2.57. The quantitative estimate of drug-likeness (QED) is 0.499. The van der Waals surface area contributed by atoms with Crippen molar-refractivity contribution in [3.05, 3.63) is 77.4 Å². The van der Waals surface area contributed by atoms with Gasteiger partial charge in [0.05, 0.1) is 18.2 Å². The van der Waals surface area contributed by atoms with Crippen LogP contribution < -0.4 is 10.5 Å². The number of rotatable bonds is 5. The van der Waals surface area contributed by atoms with Crippen LogP contribution in [0, 0.1) is 0 Å². The van der Waals surface area contributed by atoms with Gasteiger partial charge in [-0.3, -0.25) is 0 Å². The molecule has 1 atom stereocenters. The summed E-state index contributed by atoms with van der Waals surface area (Å²) in [7, 11) is 0. The Morgan fingerprint density at radius 3 is 2.28 bits per heavy atom. The largest absolute Gasteiger partial charge is 0.490 e. The molecule has 0 unspecified atom stereocenters. The van der Waals surface area contributed by atoms with Crippen LogP contribution in [0.1, 0.15) is 55.2 Å². The van der Waals surface area contributed by atoms with Gasteiger partial charge in [-0.25, -0.2) is 0 Å². The summed E-state index contributed by atoms with van der Waals surface area (Å²) in [6.07, 6.45) is -1.58. The monoisotopic (exact) mass is 443 g/mol. The van der Waals surface area contributed by atoms with E-state index in [1.807, 2.05) is 18.2 Å². The number of aliphatic hydroxyl groups is 1. The summed E-state index contributed by atoms with van der Waals surface area (Å²) in [5, 5.41) is 9.99. The Bertz CT molecular complexity index is 1070. The third-order valence-corrected chi connectivity index (χ3v) is 6.49. The highest BCUT2D eigenvalue weighted by Crippen LogP contribution is 2.43. The minimum Gasteiger partial charge on any atom is -0.490 e. The molecular formula is C26H28F3NO2. The maximum Gasteiger partial charge on any atom is 0.420 e. The zero-order valence-electron chi connectivity index (χ0n) is 18.0. The van der Waals surface area contributed by atoms with Crippen LogP contribution in [0.25, 0.3) is 10.8 Å². The molecule has 0 bridgehead atoms. The molecule has 1 saturated carbocycles. The lowest BCUT2D eigenvalue weighted by Crippen LogP contribution is -2.36. The molecule has 170 valence electrons. The first-order valence-corrected chi connectivity index (χ1v) is 10.9. The van der Waals surface area contributed by atoms with Crippen molar-refractivity contribution in [3.8, 4) is 5.75 Å². The first-order chi connectivity index (χ1) is 15.2. The number of fused-ring (bicyclic) bond motifs is 1. The lowest BCUT2D eigenvalue weighted by atomic mass is 9.83. The normalized spacial score (nSPS) is 21.3. The van der Waals surface area contributed by atoms with E-state index >= 15 is 0 Å². The van der Waals surface area contributed by atoms with Crippen molar-refractivity contribution in [2.45, 2.75) is 56.3 Å². The van der Waals surface area contributed by atoms with Crippen LogP contribution in [0.4, 0.5) is 13.2 Å². The van der Waals surface area contributed by atoms with Gasteiger partial charge in [-0.15, -0.1) is 0 Å². The molecule has 0 spiro atoms. The van der Waals surface area contributed by atoms with Gasteiger partial charge in [0.2, 0.25) is 0 Å². The summed E-state index contributed by atoms with van der Waals surface area (Å²) in [5.41, 5.74) is 6.13. The van der Waals surface area contributed by atoms with E-state index in [1.54, 1.807) is 25.1 Å². The van der Waals surface area contributed by atoms with E-state index in [4.69, 9.17) is 10.5 Å². The second-order valence-electron chi connectivity index (χ2n) is 8.95. The van der Waals surface area contributed by atoms with Crippen LogP contribution in [0.3, 0.4) is 0 Å². The molecule has 3 aromatic rings. The topological polar surface area (TPSA) is 55.5 Å². The van der Waals surface area contributed by atoms with E-state index in [0.29, 0.717) is 16.9 Å². The summed E-state index contributed by atoms with van der Waals surface area (Å²) >= 11 is 0. The highest BCUT2D eigenvalue weighted by atomic mass is 19.4. The molecule has 4 rings (SSSR count). The standard InChI is InChI=1S/C26H28F3NO2/c1-25(30,16-31)20-10-13-22-19(15-20)9-14-23(24(22)26(27,28)29)32-21-11-7-18(8-12-21)17-5-3-2-4-6-17/h2-6,9-10,13-15,18,21,31H,7-8,11-12,16,30H2,1H3/t18-,21+,25-/m0/s1. The number of hydrogen-bond donors (Lipinski definition) is 2. The van der Waals surface area contributed by atoms with Crippen LogP contribution in [-0.2, 0) is 11.7 Å². The number of alkyl halides is 3. The van der Waals surface area contributed by atoms with Gasteiger partial charge in [0.15, 0.2) is 0 Å². The summed E-state index contributed by atoms with van der Waals surface area (Å²) in [5.74, 6) is 0.295. The van der Waals surface area contributed by atoms with Crippen LogP contribution in [0.5, 0.6) is 5.75 Å². The minimum absolute atomic E-state index is 0.0745. The maximum atomic E-state index is 14.1. The SMILES string of the molecule is C[C@](N)(CO)c1ccc2c(C(F)(F)F)c(O[C@H]3CC[C@@H](c4ccccc4)CC3)ccc2c1. The third kappa shape index (κ3) is 4.62. The summed E-state index contributed by atoms with van der Waals surface area (Å²) < 4.78 is 48.2. The molecular weight excluding hydrogens is 415 g/mol. The van der Waals surface area contributed by atoms with Gasteiger partial charge >= 0.3 is 6.18 Å². The van der Waals surface area contributed by atoms with Gasteiger partial charge < -0.3 is 15.6 Å². The number of nitrogens with two attached hydrogens (primary N) is 1. The van der Waals surface area contributed by atoms with Gasteiger partial charge in [-0.2, -0.15) is 13.2 Å². The van der Waals surface area contributed by atoms with Crippen molar-refractivity contribution in [1.29, 1.82) is 0 Å². The van der Waals surface area contributed by atoms with E-state index in [9.17, 15) is 18.3 Å². The Morgan fingerprint density at radius 1 is 0.969 bits per heavy atom. The zero-order chi connectivity index (χ0) is 22.9. The third-order valence-electron chi connectivity index (χ3n) is 6.49. The highest BCUT2D eigenvalue weighted by molar-refractivity contribution is 5.89. The molecule has 0 saturated heterocycles. The number of aliphatic hydroxyl groups excluding tert-OH is 1. The van der Waals surface area contributed by atoms with Crippen LogP contribution >= 0.6 is 0 Å². The number of halogens is 3. The van der Waals surface area contributed by atoms with Crippen molar-refractivity contribution in [3.63, 3.8) is 0 Å². The lowest BCUT2D eigenvalue weighted by molar-refractivity contribution is -0.138. The fourth-order valence-electron chi connectivity index (χ4n) is 4.57. The predicted molar refractivity (Wildman–Crippen MR) is 120 cm³/mol. The van der Waals surface area contributed by atoms with E-state index < -0.39 is 17.3 Å². The molecule has 3 N–H and O–H groups in total. The number of benzene rings is 3. The maximum absolute atomic E-state index is 14.1. The molecule has 1 fully saturated rings. The van der Waals surface area contributed by atoms with Gasteiger partial charge in [-0.1, -0.05) is 48.5 Å². The van der Waals surface area contributed by atoms with Crippen molar-refractivity contribution < 1.29 is 23.0 Å². The predicted octanol–water partition coefficient (Wildman–Crippen LogP) is 6.13. The molecule has 3 nitrogen and oxygen atoms in total. The molecule has 1 aliphatic carbocycles. The average Bonchev–Trinajstić information content (AvgIpc) is 2.79. The van der Waals surface area contributed by atoms with E-state index in [1.165, 1.54) is 17.7 Å². The smallest absolute Gasteiger partial charge is 0.420 e.